The molecule has 0 aliphatic carbocycles. The van der Waals surface area contributed by atoms with Crippen molar-refractivity contribution < 1.29 is 4.79 Å². The summed E-state index contributed by atoms with van der Waals surface area (Å²) < 4.78 is 0. The summed E-state index contributed by atoms with van der Waals surface area (Å²) in [4.78, 5) is 10.7. The topological polar surface area (TPSA) is 43.1 Å². The van der Waals surface area contributed by atoms with Gasteiger partial charge in [0.15, 0.2) is 0 Å². The largest absolute Gasteiger partial charge is 0.369 e. The normalized spacial score (nSPS) is 12.6. The van der Waals surface area contributed by atoms with E-state index in [0.29, 0.717) is 6.42 Å². The Morgan fingerprint density at radius 2 is 2.20 bits per heavy atom. The highest BCUT2D eigenvalue weighted by Gasteiger charge is 2.17. The zero-order valence-electron chi connectivity index (χ0n) is 6.42. The van der Waals surface area contributed by atoms with Crippen LogP contribution in [0.2, 0.25) is 0 Å². The first-order chi connectivity index (χ1) is 4.59. The first kappa shape index (κ1) is 9.03. The van der Waals surface area contributed by atoms with Gasteiger partial charge in [-0.15, -0.1) is 12.3 Å². The van der Waals surface area contributed by atoms with Crippen molar-refractivity contribution in [3.05, 3.63) is 0 Å². The van der Waals surface area contributed by atoms with Gasteiger partial charge in [-0.1, -0.05) is 13.8 Å². The molecule has 2 heteroatoms. The highest BCUT2D eigenvalue weighted by atomic mass is 16.1. The van der Waals surface area contributed by atoms with Gasteiger partial charge >= 0.3 is 0 Å². The molecule has 0 saturated carbocycles. The maximum Gasteiger partial charge on any atom is 0.221 e. The van der Waals surface area contributed by atoms with Crippen molar-refractivity contribution in [2.45, 2.75) is 20.3 Å². The molecule has 56 valence electrons. The predicted molar refractivity (Wildman–Crippen MR) is 41.0 cm³/mol. The highest BCUT2D eigenvalue weighted by molar-refractivity contribution is 5.77. The molecule has 0 bridgehead atoms. The molecule has 0 aromatic heterocycles. The van der Waals surface area contributed by atoms with E-state index in [0.717, 1.165) is 0 Å². The van der Waals surface area contributed by atoms with Crippen LogP contribution in [0.4, 0.5) is 0 Å². The van der Waals surface area contributed by atoms with E-state index in [1.54, 1.807) is 0 Å². The summed E-state index contributed by atoms with van der Waals surface area (Å²) in [5.74, 6) is 2.21. The molecule has 2 N–H and O–H groups in total. The summed E-state index contributed by atoms with van der Waals surface area (Å²) >= 11 is 0. The maximum atomic E-state index is 10.7. The Hall–Kier alpha value is -0.970. The van der Waals surface area contributed by atoms with E-state index < -0.39 is 0 Å². The second kappa shape index (κ2) is 3.94. The standard InChI is InChI=1S/C8H13NO/c1-4-5-7(6(2)3)8(9)10/h1,6-7H,5H2,2-3H3,(H2,9,10). The SMILES string of the molecule is C#CCC(C(N)=O)C(C)C. The van der Waals surface area contributed by atoms with Crippen molar-refractivity contribution >= 4 is 5.91 Å². The number of nitrogens with two attached hydrogens (primary N) is 1. The third-order valence-corrected chi connectivity index (χ3v) is 1.51. The van der Waals surface area contributed by atoms with Crippen LogP contribution in [0.15, 0.2) is 0 Å². The van der Waals surface area contributed by atoms with Crippen LogP contribution < -0.4 is 5.73 Å². The molecular weight excluding hydrogens is 126 g/mol. The van der Waals surface area contributed by atoms with Crippen molar-refractivity contribution in [2.75, 3.05) is 0 Å². The summed E-state index contributed by atoms with van der Waals surface area (Å²) in [6, 6.07) is 0. The average molecular weight is 139 g/mol. The fourth-order valence-corrected chi connectivity index (χ4v) is 0.792. The molecule has 0 saturated heterocycles. The number of rotatable bonds is 3. The van der Waals surface area contributed by atoms with Crippen LogP contribution in [0.5, 0.6) is 0 Å². The lowest BCUT2D eigenvalue weighted by atomic mass is 9.92. The molecule has 0 rings (SSSR count). The Kier molecular flexibility index (Phi) is 3.56. The molecule has 0 aromatic carbocycles. The second-order valence-electron chi connectivity index (χ2n) is 2.66. The van der Waals surface area contributed by atoms with Crippen LogP contribution in [0, 0.1) is 24.2 Å². The minimum Gasteiger partial charge on any atom is -0.369 e. The molecular formula is C8H13NO. The summed E-state index contributed by atoms with van der Waals surface area (Å²) in [5, 5.41) is 0. The number of hydrogen-bond acceptors (Lipinski definition) is 1. The zero-order chi connectivity index (χ0) is 8.15. The molecule has 0 aliphatic heterocycles. The summed E-state index contributed by atoms with van der Waals surface area (Å²) in [5.41, 5.74) is 5.09. The van der Waals surface area contributed by atoms with Crippen molar-refractivity contribution in [2.24, 2.45) is 17.6 Å². The molecule has 0 aliphatic rings. The van der Waals surface area contributed by atoms with Gasteiger partial charge in [-0.05, 0) is 5.92 Å². The van der Waals surface area contributed by atoms with Crippen LogP contribution in [0.3, 0.4) is 0 Å². The molecule has 2 nitrogen and oxygen atoms in total. The molecule has 1 atom stereocenters. The molecule has 1 unspecified atom stereocenters. The Balaban J connectivity index is 4.01. The maximum absolute atomic E-state index is 10.7. The fourth-order valence-electron chi connectivity index (χ4n) is 0.792. The quantitative estimate of drug-likeness (QED) is 0.576. The van der Waals surface area contributed by atoms with E-state index in [1.165, 1.54) is 0 Å². The summed E-state index contributed by atoms with van der Waals surface area (Å²) in [6.07, 6.45) is 5.50. The second-order valence-corrected chi connectivity index (χ2v) is 2.66. The molecule has 0 spiro atoms. The van der Waals surface area contributed by atoms with E-state index in [9.17, 15) is 4.79 Å². The Labute approximate surface area is 61.8 Å². The minimum atomic E-state index is -0.298. The highest BCUT2D eigenvalue weighted by Crippen LogP contribution is 2.12. The Morgan fingerprint density at radius 1 is 1.70 bits per heavy atom. The van der Waals surface area contributed by atoms with Crippen molar-refractivity contribution in [1.82, 2.24) is 0 Å². The first-order valence-corrected chi connectivity index (χ1v) is 3.32. The minimum absolute atomic E-state index is 0.162. The molecule has 0 fully saturated rings. The van der Waals surface area contributed by atoms with Crippen molar-refractivity contribution in [3.63, 3.8) is 0 Å². The Morgan fingerprint density at radius 3 is 2.30 bits per heavy atom. The van der Waals surface area contributed by atoms with Gasteiger partial charge in [0.05, 0.1) is 5.92 Å². The number of carbonyl (C=O) groups excluding carboxylic acids is 1. The molecule has 0 heterocycles. The first-order valence-electron chi connectivity index (χ1n) is 3.32. The van der Waals surface area contributed by atoms with Crippen molar-refractivity contribution in [1.29, 1.82) is 0 Å². The molecule has 0 aromatic rings. The van der Waals surface area contributed by atoms with Gasteiger partial charge in [0, 0.05) is 6.42 Å². The van der Waals surface area contributed by atoms with Gasteiger partial charge in [0.2, 0.25) is 5.91 Å². The van der Waals surface area contributed by atoms with Crippen molar-refractivity contribution in [3.8, 4) is 12.3 Å². The molecule has 10 heavy (non-hydrogen) atoms. The molecule has 1 amide bonds. The van der Waals surface area contributed by atoms with E-state index in [4.69, 9.17) is 12.2 Å². The zero-order valence-corrected chi connectivity index (χ0v) is 6.42. The summed E-state index contributed by atoms with van der Waals surface area (Å²) in [6.45, 7) is 3.87. The van der Waals surface area contributed by atoms with Gasteiger partial charge in [-0.3, -0.25) is 4.79 Å². The average Bonchev–Trinajstić information content (AvgIpc) is 1.81. The van der Waals surface area contributed by atoms with Gasteiger partial charge in [0.1, 0.15) is 0 Å². The fraction of sp³-hybridized carbons (Fsp3) is 0.625. The lowest BCUT2D eigenvalue weighted by Crippen LogP contribution is -2.26. The van der Waals surface area contributed by atoms with Crippen LogP contribution in [0.25, 0.3) is 0 Å². The van der Waals surface area contributed by atoms with E-state index in [-0.39, 0.29) is 17.7 Å². The van der Waals surface area contributed by atoms with Crippen LogP contribution >= 0.6 is 0 Å². The van der Waals surface area contributed by atoms with Crippen LogP contribution in [-0.2, 0) is 4.79 Å². The number of hydrogen-bond donors (Lipinski definition) is 1. The van der Waals surface area contributed by atoms with Gasteiger partial charge in [0.25, 0.3) is 0 Å². The number of terminal acetylenes is 1. The van der Waals surface area contributed by atoms with E-state index in [2.05, 4.69) is 5.92 Å². The lowest BCUT2D eigenvalue weighted by Gasteiger charge is -2.12. The van der Waals surface area contributed by atoms with Crippen LogP contribution in [-0.4, -0.2) is 5.91 Å². The smallest absolute Gasteiger partial charge is 0.221 e. The third-order valence-electron chi connectivity index (χ3n) is 1.51. The monoisotopic (exact) mass is 139 g/mol. The Bertz CT molecular complexity index is 155. The van der Waals surface area contributed by atoms with E-state index >= 15 is 0 Å². The van der Waals surface area contributed by atoms with Gasteiger partial charge in [-0.25, -0.2) is 0 Å². The number of amides is 1. The van der Waals surface area contributed by atoms with E-state index in [1.807, 2.05) is 13.8 Å². The third kappa shape index (κ3) is 2.54. The number of carbonyl (C=O) groups is 1. The van der Waals surface area contributed by atoms with Gasteiger partial charge in [-0.2, -0.15) is 0 Å². The van der Waals surface area contributed by atoms with Crippen LogP contribution in [0.1, 0.15) is 20.3 Å². The summed E-state index contributed by atoms with van der Waals surface area (Å²) in [7, 11) is 0. The van der Waals surface area contributed by atoms with Gasteiger partial charge < -0.3 is 5.73 Å². The molecule has 0 radical (unpaired) electrons. The number of primary amides is 1. The predicted octanol–water partition coefficient (Wildman–Crippen LogP) is 0.767. The lowest BCUT2D eigenvalue weighted by molar-refractivity contribution is -0.122.